The summed E-state index contributed by atoms with van der Waals surface area (Å²) in [4.78, 5) is 15.2. The normalized spacial score (nSPS) is 10.9. The molecule has 3 rings (SSSR count). The molecule has 2 heterocycles. The van der Waals surface area contributed by atoms with Crippen molar-refractivity contribution < 1.29 is 4.39 Å². The van der Waals surface area contributed by atoms with Crippen molar-refractivity contribution in [1.82, 2.24) is 19.9 Å². The number of hydrogen-bond acceptors (Lipinski definition) is 5. The maximum absolute atomic E-state index is 14.2. The Kier molecular flexibility index (Phi) is 5.30. The molecule has 25 heavy (non-hydrogen) atoms. The van der Waals surface area contributed by atoms with Crippen LogP contribution in [0.1, 0.15) is 0 Å². The molecule has 0 saturated carbocycles. The molecule has 5 nitrogen and oxygen atoms in total. The van der Waals surface area contributed by atoms with E-state index in [1.54, 1.807) is 36.7 Å². The van der Waals surface area contributed by atoms with Gasteiger partial charge in [-0.2, -0.15) is 0 Å². The van der Waals surface area contributed by atoms with E-state index in [0.717, 1.165) is 18.7 Å². The minimum absolute atomic E-state index is 0.305. The zero-order valence-electron chi connectivity index (χ0n) is 14.3. The summed E-state index contributed by atoms with van der Waals surface area (Å²) >= 11 is 0. The summed E-state index contributed by atoms with van der Waals surface area (Å²) in [5.74, 6) is 0.901. The molecule has 0 bridgehead atoms. The number of hydrogen-bond donors (Lipinski definition) is 1. The fourth-order valence-electron chi connectivity index (χ4n) is 2.38. The quantitative estimate of drug-likeness (QED) is 0.748. The molecule has 2 aromatic heterocycles. The predicted octanol–water partition coefficient (Wildman–Crippen LogP) is 3.32. The van der Waals surface area contributed by atoms with Crippen LogP contribution in [0.2, 0.25) is 0 Å². The van der Waals surface area contributed by atoms with E-state index in [9.17, 15) is 4.39 Å². The molecule has 0 fully saturated rings. The van der Waals surface area contributed by atoms with Crippen LogP contribution in [-0.2, 0) is 0 Å². The summed E-state index contributed by atoms with van der Waals surface area (Å²) < 4.78 is 14.2. The van der Waals surface area contributed by atoms with Crippen LogP contribution in [0.4, 0.5) is 10.2 Å². The molecular formula is C19H20FN5. The molecule has 0 aliphatic rings. The number of benzene rings is 1. The summed E-state index contributed by atoms with van der Waals surface area (Å²) in [5, 5.41) is 3.28. The van der Waals surface area contributed by atoms with Crippen LogP contribution >= 0.6 is 0 Å². The maximum Gasteiger partial charge on any atom is 0.162 e. The lowest BCUT2D eigenvalue weighted by atomic mass is 10.1. The standard InChI is InChI=1S/C19H20FN5/c1-25(2)12-11-22-18-13-17(15-5-3-4-6-16(15)20)23-19(24-18)14-7-9-21-10-8-14/h3-10,13H,11-12H2,1-2H3,(H,22,23,24). The highest BCUT2D eigenvalue weighted by Crippen LogP contribution is 2.25. The van der Waals surface area contributed by atoms with E-state index < -0.39 is 0 Å². The topological polar surface area (TPSA) is 53.9 Å². The van der Waals surface area contributed by atoms with E-state index in [1.807, 2.05) is 26.2 Å². The Hall–Kier alpha value is -2.86. The largest absolute Gasteiger partial charge is 0.369 e. The van der Waals surface area contributed by atoms with E-state index in [4.69, 9.17) is 0 Å². The van der Waals surface area contributed by atoms with Gasteiger partial charge in [0.15, 0.2) is 5.82 Å². The molecule has 0 aliphatic heterocycles. The Labute approximate surface area is 146 Å². The second-order valence-corrected chi connectivity index (χ2v) is 5.91. The van der Waals surface area contributed by atoms with Gasteiger partial charge in [0.05, 0.1) is 5.69 Å². The smallest absolute Gasteiger partial charge is 0.162 e. The monoisotopic (exact) mass is 337 g/mol. The second kappa shape index (κ2) is 7.81. The van der Waals surface area contributed by atoms with Gasteiger partial charge in [-0.1, -0.05) is 12.1 Å². The molecule has 1 N–H and O–H groups in total. The molecule has 0 atom stereocenters. The molecule has 128 valence electrons. The molecule has 0 amide bonds. The van der Waals surface area contributed by atoms with Crippen LogP contribution in [0.3, 0.4) is 0 Å². The van der Waals surface area contributed by atoms with Gasteiger partial charge in [-0.3, -0.25) is 4.98 Å². The summed E-state index contributed by atoms with van der Waals surface area (Å²) in [6.45, 7) is 1.60. The average Bonchev–Trinajstić information content (AvgIpc) is 2.62. The summed E-state index contributed by atoms with van der Waals surface area (Å²) in [7, 11) is 4.02. The van der Waals surface area contributed by atoms with Crippen molar-refractivity contribution in [3.05, 3.63) is 60.7 Å². The molecule has 3 aromatic rings. The number of nitrogens with zero attached hydrogens (tertiary/aromatic N) is 4. The van der Waals surface area contributed by atoms with Crippen LogP contribution in [0.15, 0.2) is 54.9 Å². The van der Waals surface area contributed by atoms with Crippen LogP contribution in [0, 0.1) is 5.82 Å². The van der Waals surface area contributed by atoms with Crippen molar-refractivity contribution >= 4 is 5.82 Å². The van der Waals surface area contributed by atoms with E-state index in [0.29, 0.717) is 22.9 Å². The Balaban J connectivity index is 2.01. The average molecular weight is 337 g/mol. The lowest BCUT2D eigenvalue weighted by Gasteiger charge is -2.13. The van der Waals surface area contributed by atoms with Gasteiger partial charge in [0.2, 0.25) is 0 Å². The van der Waals surface area contributed by atoms with E-state index in [2.05, 4.69) is 25.2 Å². The van der Waals surface area contributed by atoms with Crippen LogP contribution in [0.25, 0.3) is 22.6 Å². The first kappa shape index (κ1) is 17.0. The van der Waals surface area contributed by atoms with Gasteiger partial charge in [0.25, 0.3) is 0 Å². The van der Waals surface area contributed by atoms with Gasteiger partial charge >= 0.3 is 0 Å². The zero-order chi connectivity index (χ0) is 17.6. The third-order valence-electron chi connectivity index (χ3n) is 3.68. The first-order valence-corrected chi connectivity index (χ1v) is 8.06. The summed E-state index contributed by atoms with van der Waals surface area (Å²) in [5.41, 5.74) is 1.84. The Morgan fingerprint density at radius 3 is 2.52 bits per heavy atom. The minimum Gasteiger partial charge on any atom is -0.369 e. The van der Waals surface area contributed by atoms with E-state index >= 15 is 0 Å². The first-order valence-electron chi connectivity index (χ1n) is 8.06. The molecule has 0 unspecified atom stereocenters. The molecule has 0 saturated heterocycles. The molecule has 0 aliphatic carbocycles. The maximum atomic E-state index is 14.2. The Morgan fingerprint density at radius 2 is 1.80 bits per heavy atom. The van der Waals surface area contributed by atoms with Crippen molar-refractivity contribution in [3.63, 3.8) is 0 Å². The van der Waals surface area contributed by atoms with Gasteiger partial charge in [-0.15, -0.1) is 0 Å². The van der Waals surface area contributed by atoms with Gasteiger partial charge in [-0.05, 0) is 38.4 Å². The van der Waals surface area contributed by atoms with Crippen LogP contribution in [0.5, 0.6) is 0 Å². The van der Waals surface area contributed by atoms with Gasteiger partial charge in [0.1, 0.15) is 11.6 Å². The highest BCUT2D eigenvalue weighted by molar-refractivity contribution is 5.67. The zero-order valence-corrected chi connectivity index (χ0v) is 14.3. The van der Waals surface area contributed by atoms with Crippen LogP contribution < -0.4 is 5.32 Å². The fourth-order valence-corrected chi connectivity index (χ4v) is 2.38. The fraction of sp³-hybridized carbons (Fsp3) is 0.211. The number of rotatable bonds is 6. The van der Waals surface area contributed by atoms with Crippen molar-refractivity contribution in [1.29, 1.82) is 0 Å². The number of pyridine rings is 1. The number of nitrogens with one attached hydrogen (secondary N) is 1. The van der Waals surface area contributed by atoms with Crippen molar-refractivity contribution in [2.75, 3.05) is 32.5 Å². The number of aromatic nitrogens is 3. The molecule has 6 heteroatoms. The minimum atomic E-state index is -0.305. The van der Waals surface area contributed by atoms with E-state index in [1.165, 1.54) is 6.07 Å². The first-order chi connectivity index (χ1) is 12.1. The SMILES string of the molecule is CN(C)CCNc1cc(-c2ccccc2F)nc(-c2ccncc2)n1. The van der Waals surface area contributed by atoms with Crippen molar-refractivity contribution in [2.45, 2.75) is 0 Å². The highest BCUT2D eigenvalue weighted by atomic mass is 19.1. The lowest BCUT2D eigenvalue weighted by Crippen LogP contribution is -2.21. The molecule has 0 spiro atoms. The predicted molar refractivity (Wildman–Crippen MR) is 97.7 cm³/mol. The number of anilines is 1. The Morgan fingerprint density at radius 1 is 1.04 bits per heavy atom. The van der Waals surface area contributed by atoms with Crippen LogP contribution in [-0.4, -0.2) is 47.0 Å². The number of halogens is 1. The summed E-state index contributed by atoms with van der Waals surface area (Å²) in [6, 6.07) is 12.1. The third-order valence-corrected chi connectivity index (χ3v) is 3.68. The highest BCUT2D eigenvalue weighted by Gasteiger charge is 2.11. The van der Waals surface area contributed by atoms with Gasteiger partial charge in [-0.25, -0.2) is 14.4 Å². The molecule has 1 aromatic carbocycles. The number of likely N-dealkylation sites (N-methyl/N-ethyl adjacent to an activating group) is 1. The Bertz CT molecular complexity index is 836. The van der Waals surface area contributed by atoms with E-state index in [-0.39, 0.29) is 5.82 Å². The van der Waals surface area contributed by atoms with Crippen molar-refractivity contribution in [3.8, 4) is 22.6 Å². The van der Waals surface area contributed by atoms with Crippen molar-refractivity contribution in [2.24, 2.45) is 0 Å². The van der Waals surface area contributed by atoms with Gasteiger partial charge < -0.3 is 10.2 Å². The molecular weight excluding hydrogens is 317 g/mol. The second-order valence-electron chi connectivity index (χ2n) is 5.91. The molecule has 0 radical (unpaired) electrons. The summed E-state index contributed by atoms with van der Waals surface area (Å²) in [6.07, 6.45) is 3.38. The van der Waals surface area contributed by atoms with Gasteiger partial charge in [0, 0.05) is 42.7 Å². The lowest BCUT2D eigenvalue weighted by molar-refractivity contribution is 0.425. The third kappa shape index (κ3) is 4.36.